The number of para-hydroxylation sites is 2. The molecule has 0 amide bonds. The second kappa shape index (κ2) is 12.8. The predicted molar refractivity (Wildman–Crippen MR) is 219 cm³/mol. The molecular weight excluding hydrogens is 641 g/mol. The standard InChI is InChI=1S/C51H36N2/c1-5-17-35(18-6-1)49(52-39-21-9-3-10-22-39)37-29-31-43-41-25-13-15-27-45(41)51(47(43)33-37)46-28-16-14-26-42(46)44-32-30-38(34-48(44)51)50(36-19-7-2-8-20-36)53-40-23-11-4-12-24-40/h1-34,49,52H/b53-50+. The van der Waals surface area contributed by atoms with Gasteiger partial charge in [-0.3, -0.25) is 0 Å². The number of benzene rings is 8. The largest absolute Gasteiger partial charge is 0.374 e. The lowest BCUT2D eigenvalue weighted by molar-refractivity contribution is 0.788. The van der Waals surface area contributed by atoms with Gasteiger partial charge >= 0.3 is 0 Å². The van der Waals surface area contributed by atoms with Crippen molar-refractivity contribution in [2.24, 2.45) is 4.99 Å². The monoisotopic (exact) mass is 676 g/mol. The third-order valence-electron chi connectivity index (χ3n) is 11.0. The van der Waals surface area contributed by atoms with Gasteiger partial charge in [0.2, 0.25) is 0 Å². The molecule has 0 bridgehead atoms. The zero-order valence-corrected chi connectivity index (χ0v) is 29.2. The van der Waals surface area contributed by atoms with Gasteiger partial charge in [0.1, 0.15) is 0 Å². The summed E-state index contributed by atoms with van der Waals surface area (Å²) in [5, 5.41) is 3.89. The maximum absolute atomic E-state index is 5.30. The van der Waals surface area contributed by atoms with Gasteiger partial charge in [0.15, 0.2) is 0 Å². The van der Waals surface area contributed by atoms with Gasteiger partial charge in [-0.1, -0.05) is 176 Å². The quantitative estimate of drug-likeness (QED) is 0.167. The van der Waals surface area contributed by atoms with Crippen LogP contribution >= 0.6 is 0 Å². The molecule has 0 radical (unpaired) electrons. The topological polar surface area (TPSA) is 24.4 Å². The van der Waals surface area contributed by atoms with Crippen molar-refractivity contribution < 1.29 is 0 Å². The summed E-state index contributed by atoms with van der Waals surface area (Å²) < 4.78 is 0. The SMILES string of the molecule is c1ccc(/N=C(\c2ccccc2)c2ccc3c(c2)C2(c4ccccc4-3)c3ccccc3-c3ccc(C(Nc4ccccc4)c4ccccc4)cc32)cc1. The third-order valence-corrected chi connectivity index (χ3v) is 11.0. The Balaban J connectivity index is 1.23. The molecule has 2 aliphatic rings. The first-order chi connectivity index (χ1) is 26.3. The molecule has 2 heteroatoms. The van der Waals surface area contributed by atoms with E-state index in [0.29, 0.717) is 0 Å². The van der Waals surface area contributed by atoms with Crippen LogP contribution in [0.5, 0.6) is 0 Å². The number of rotatable bonds is 7. The first-order valence-electron chi connectivity index (χ1n) is 18.3. The van der Waals surface area contributed by atoms with Gasteiger partial charge in [0.25, 0.3) is 0 Å². The zero-order chi connectivity index (χ0) is 35.2. The lowest BCUT2D eigenvalue weighted by Crippen LogP contribution is -2.26. The van der Waals surface area contributed by atoms with E-state index in [1.165, 1.54) is 55.6 Å². The van der Waals surface area contributed by atoms with Crippen molar-refractivity contribution >= 4 is 17.1 Å². The van der Waals surface area contributed by atoms with Crippen LogP contribution in [0.4, 0.5) is 11.4 Å². The van der Waals surface area contributed by atoms with Crippen LogP contribution in [0, 0.1) is 0 Å². The van der Waals surface area contributed by atoms with Crippen LogP contribution in [0.25, 0.3) is 22.3 Å². The summed E-state index contributed by atoms with van der Waals surface area (Å²) in [5.41, 5.74) is 17.5. The summed E-state index contributed by atoms with van der Waals surface area (Å²) >= 11 is 0. The van der Waals surface area contributed by atoms with E-state index in [0.717, 1.165) is 28.2 Å². The van der Waals surface area contributed by atoms with Crippen LogP contribution in [0.2, 0.25) is 0 Å². The van der Waals surface area contributed by atoms with Gasteiger partial charge in [-0.05, 0) is 86.0 Å². The van der Waals surface area contributed by atoms with Crippen LogP contribution in [0.3, 0.4) is 0 Å². The van der Waals surface area contributed by atoms with Gasteiger partial charge in [0.05, 0.1) is 22.9 Å². The summed E-state index contributed by atoms with van der Waals surface area (Å²) in [5.74, 6) is 0. The molecule has 0 fully saturated rings. The molecule has 0 saturated heterocycles. The Morgan fingerprint density at radius 2 is 0.906 bits per heavy atom. The zero-order valence-electron chi connectivity index (χ0n) is 29.2. The van der Waals surface area contributed by atoms with Crippen molar-refractivity contribution in [1.29, 1.82) is 0 Å². The summed E-state index contributed by atoms with van der Waals surface area (Å²) in [6, 6.07) is 74.4. The molecule has 1 spiro atoms. The van der Waals surface area contributed by atoms with Crippen molar-refractivity contribution in [3.05, 3.63) is 251 Å². The minimum atomic E-state index is -0.508. The van der Waals surface area contributed by atoms with E-state index < -0.39 is 5.41 Å². The van der Waals surface area contributed by atoms with E-state index in [2.05, 4.69) is 206 Å². The molecule has 1 N–H and O–H groups in total. The Labute approximate surface area is 310 Å². The van der Waals surface area contributed by atoms with Gasteiger partial charge < -0.3 is 5.32 Å². The number of nitrogens with one attached hydrogen (secondary N) is 1. The third kappa shape index (κ3) is 5.06. The predicted octanol–water partition coefficient (Wildman–Crippen LogP) is 12.4. The van der Waals surface area contributed by atoms with Crippen LogP contribution in [0.15, 0.2) is 211 Å². The highest BCUT2D eigenvalue weighted by Gasteiger charge is 2.52. The maximum atomic E-state index is 5.30. The van der Waals surface area contributed by atoms with E-state index in [9.17, 15) is 0 Å². The summed E-state index contributed by atoms with van der Waals surface area (Å²) in [4.78, 5) is 5.30. The number of anilines is 1. The fraction of sp³-hybridized carbons (Fsp3) is 0.0392. The highest BCUT2D eigenvalue weighted by atomic mass is 14.9. The molecule has 250 valence electrons. The van der Waals surface area contributed by atoms with Crippen LogP contribution < -0.4 is 5.32 Å². The van der Waals surface area contributed by atoms with Crippen molar-refractivity contribution in [2.45, 2.75) is 11.5 Å². The van der Waals surface area contributed by atoms with Crippen molar-refractivity contribution in [2.75, 3.05) is 5.32 Å². The molecular formula is C51H36N2. The minimum Gasteiger partial charge on any atom is -0.374 e. The van der Waals surface area contributed by atoms with E-state index in [1.54, 1.807) is 0 Å². The highest BCUT2D eigenvalue weighted by Crippen LogP contribution is 2.63. The van der Waals surface area contributed by atoms with E-state index in [1.807, 2.05) is 6.07 Å². The van der Waals surface area contributed by atoms with Crippen molar-refractivity contribution in [1.82, 2.24) is 0 Å². The molecule has 53 heavy (non-hydrogen) atoms. The lowest BCUT2D eigenvalue weighted by Gasteiger charge is -2.32. The molecule has 2 unspecified atom stereocenters. The van der Waals surface area contributed by atoms with Crippen molar-refractivity contribution in [3.63, 3.8) is 0 Å². The second-order valence-electron chi connectivity index (χ2n) is 13.9. The molecule has 2 nitrogen and oxygen atoms in total. The smallest absolute Gasteiger partial charge is 0.0781 e. The number of fused-ring (bicyclic) bond motifs is 10. The Hall–Kier alpha value is -6.77. The molecule has 2 aliphatic carbocycles. The Bertz CT molecular complexity index is 2620. The molecule has 0 aromatic heterocycles. The second-order valence-corrected chi connectivity index (χ2v) is 13.9. The van der Waals surface area contributed by atoms with Crippen LogP contribution in [0.1, 0.15) is 50.5 Å². The van der Waals surface area contributed by atoms with Crippen molar-refractivity contribution in [3.8, 4) is 22.3 Å². The summed E-state index contributed by atoms with van der Waals surface area (Å²) in [6.45, 7) is 0. The number of aliphatic imine (C=N–C) groups is 1. The van der Waals surface area contributed by atoms with Gasteiger partial charge in [-0.2, -0.15) is 0 Å². The number of hydrogen-bond donors (Lipinski definition) is 1. The Morgan fingerprint density at radius 1 is 0.396 bits per heavy atom. The number of hydrogen-bond acceptors (Lipinski definition) is 2. The molecule has 8 aromatic carbocycles. The average Bonchev–Trinajstić information content (AvgIpc) is 3.70. The Morgan fingerprint density at radius 3 is 1.57 bits per heavy atom. The fourth-order valence-electron chi connectivity index (χ4n) is 8.71. The first-order valence-corrected chi connectivity index (χ1v) is 18.3. The van der Waals surface area contributed by atoms with E-state index in [-0.39, 0.29) is 6.04 Å². The highest BCUT2D eigenvalue weighted by molar-refractivity contribution is 6.14. The Kier molecular flexibility index (Phi) is 7.47. The fourth-order valence-corrected chi connectivity index (χ4v) is 8.71. The number of nitrogens with zero attached hydrogens (tertiary/aromatic N) is 1. The van der Waals surface area contributed by atoms with Gasteiger partial charge in [-0.25, -0.2) is 4.99 Å². The van der Waals surface area contributed by atoms with Gasteiger partial charge in [0, 0.05) is 16.8 Å². The van der Waals surface area contributed by atoms with E-state index in [4.69, 9.17) is 4.99 Å². The first kappa shape index (κ1) is 31.0. The molecule has 0 aliphatic heterocycles. The maximum Gasteiger partial charge on any atom is 0.0781 e. The van der Waals surface area contributed by atoms with Crippen LogP contribution in [-0.4, -0.2) is 5.71 Å². The van der Waals surface area contributed by atoms with Gasteiger partial charge in [-0.15, -0.1) is 0 Å². The molecule has 2 atom stereocenters. The summed E-state index contributed by atoms with van der Waals surface area (Å²) in [7, 11) is 0. The molecule has 0 heterocycles. The van der Waals surface area contributed by atoms with Crippen LogP contribution in [-0.2, 0) is 5.41 Å². The van der Waals surface area contributed by atoms with E-state index >= 15 is 0 Å². The molecule has 10 rings (SSSR count). The molecule has 0 saturated carbocycles. The lowest BCUT2D eigenvalue weighted by atomic mass is 9.70. The average molecular weight is 677 g/mol. The summed E-state index contributed by atoms with van der Waals surface area (Å²) in [6.07, 6.45) is 0. The molecule has 8 aromatic rings. The normalized spacial score (nSPS) is 15.7. The minimum absolute atomic E-state index is 0.0465.